The number of aryl methyl sites for hydroxylation is 1. The van der Waals surface area contributed by atoms with Crippen molar-refractivity contribution in [2.45, 2.75) is 30.0 Å². The third kappa shape index (κ3) is 3.56. The van der Waals surface area contributed by atoms with E-state index in [-0.39, 0.29) is 10.1 Å². The van der Waals surface area contributed by atoms with Gasteiger partial charge in [0, 0.05) is 12.2 Å². The number of hydrogen-bond acceptors (Lipinski definition) is 4. The van der Waals surface area contributed by atoms with Crippen LogP contribution in [0.2, 0.25) is 0 Å². The van der Waals surface area contributed by atoms with E-state index in [2.05, 4.69) is 21.2 Å². The number of benzene rings is 1. The van der Waals surface area contributed by atoms with Gasteiger partial charge in [-0.1, -0.05) is 17.7 Å². The Balaban J connectivity index is 1.80. The third-order valence-electron chi connectivity index (χ3n) is 3.94. The minimum Gasteiger partial charge on any atom is -0.325 e. The van der Waals surface area contributed by atoms with Gasteiger partial charge in [-0.2, -0.15) is 4.31 Å². The van der Waals surface area contributed by atoms with Crippen molar-refractivity contribution in [3.8, 4) is 0 Å². The Bertz CT molecular complexity index is 846. The summed E-state index contributed by atoms with van der Waals surface area (Å²) in [4.78, 5) is 12.6. The van der Waals surface area contributed by atoms with Gasteiger partial charge in [0.2, 0.25) is 5.91 Å². The Morgan fingerprint density at radius 3 is 2.58 bits per heavy atom. The maximum absolute atomic E-state index is 12.8. The molecule has 24 heavy (non-hydrogen) atoms. The predicted molar refractivity (Wildman–Crippen MR) is 98.7 cm³/mol. The van der Waals surface area contributed by atoms with E-state index in [4.69, 9.17) is 0 Å². The molecule has 0 aliphatic carbocycles. The molecule has 1 N–H and O–H groups in total. The lowest BCUT2D eigenvalue weighted by atomic mass is 10.2. The number of nitrogens with one attached hydrogen (secondary N) is 1. The van der Waals surface area contributed by atoms with Gasteiger partial charge in [0.15, 0.2) is 0 Å². The van der Waals surface area contributed by atoms with Crippen LogP contribution in [0.15, 0.2) is 44.4 Å². The Morgan fingerprint density at radius 2 is 1.96 bits per heavy atom. The molecule has 1 amide bonds. The summed E-state index contributed by atoms with van der Waals surface area (Å²) in [5.41, 5.74) is 1.77. The van der Waals surface area contributed by atoms with Gasteiger partial charge in [0.25, 0.3) is 10.0 Å². The predicted octanol–water partition coefficient (Wildman–Crippen LogP) is 3.61. The molecular weight excluding hydrogens is 412 g/mol. The summed E-state index contributed by atoms with van der Waals surface area (Å²) in [5.74, 6) is -0.282. The number of halogens is 1. The second-order valence-corrected chi connectivity index (χ2v) is 10.3. The van der Waals surface area contributed by atoms with Gasteiger partial charge in [-0.25, -0.2) is 8.42 Å². The highest BCUT2D eigenvalue weighted by Crippen LogP contribution is 2.32. The second-order valence-electron chi connectivity index (χ2n) is 5.69. The largest absolute Gasteiger partial charge is 0.325 e. The van der Waals surface area contributed by atoms with E-state index in [1.54, 1.807) is 12.1 Å². The number of anilines is 1. The lowest BCUT2D eigenvalue weighted by molar-refractivity contribution is -0.119. The molecule has 1 aromatic heterocycles. The highest BCUT2D eigenvalue weighted by atomic mass is 79.9. The van der Waals surface area contributed by atoms with Crippen molar-refractivity contribution < 1.29 is 13.2 Å². The van der Waals surface area contributed by atoms with Gasteiger partial charge in [-0.15, -0.1) is 11.3 Å². The van der Waals surface area contributed by atoms with Crippen molar-refractivity contribution in [3.63, 3.8) is 0 Å². The molecule has 0 radical (unpaired) electrons. The lowest BCUT2D eigenvalue weighted by Crippen LogP contribution is -2.42. The molecule has 128 valence electrons. The van der Waals surface area contributed by atoms with Gasteiger partial charge in [-0.05, 0) is 60.0 Å². The summed E-state index contributed by atoms with van der Waals surface area (Å²) in [7, 11) is -3.65. The smallest absolute Gasteiger partial charge is 0.253 e. The summed E-state index contributed by atoms with van der Waals surface area (Å²) in [6.45, 7) is 2.33. The zero-order valence-electron chi connectivity index (χ0n) is 13.0. The van der Waals surface area contributed by atoms with Gasteiger partial charge < -0.3 is 5.32 Å². The van der Waals surface area contributed by atoms with Crippen LogP contribution in [0.3, 0.4) is 0 Å². The molecule has 1 atom stereocenters. The number of carbonyl (C=O) groups excluding carboxylic acids is 1. The molecule has 1 fully saturated rings. The Labute approximate surface area is 153 Å². The molecule has 2 aromatic rings. The average Bonchev–Trinajstić information content (AvgIpc) is 3.19. The Hall–Kier alpha value is -1.22. The van der Waals surface area contributed by atoms with Gasteiger partial charge in [0.05, 0.1) is 3.79 Å². The summed E-state index contributed by atoms with van der Waals surface area (Å²) < 4.78 is 27.9. The maximum atomic E-state index is 12.8. The van der Waals surface area contributed by atoms with Crippen LogP contribution in [0.5, 0.6) is 0 Å². The molecule has 0 saturated carbocycles. The maximum Gasteiger partial charge on any atom is 0.253 e. The van der Waals surface area contributed by atoms with E-state index in [9.17, 15) is 13.2 Å². The summed E-state index contributed by atoms with van der Waals surface area (Å²) in [6, 6.07) is 10.0. The van der Waals surface area contributed by atoms with Crippen molar-refractivity contribution >= 4 is 48.9 Å². The zero-order chi connectivity index (χ0) is 17.3. The summed E-state index contributed by atoms with van der Waals surface area (Å²) in [5, 5.41) is 2.82. The Morgan fingerprint density at radius 1 is 1.25 bits per heavy atom. The number of hydrogen-bond donors (Lipinski definition) is 1. The molecule has 0 bridgehead atoms. The molecule has 0 spiro atoms. The topological polar surface area (TPSA) is 66.5 Å². The van der Waals surface area contributed by atoms with Gasteiger partial charge in [-0.3, -0.25) is 4.79 Å². The van der Waals surface area contributed by atoms with Crippen LogP contribution in [0.4, 0.5) is 5.69 Å². The van der Waals surface area contributed by atoms with Crippen LogP contribution >= 0.6 is 27.3 Å². The molecular formula is C16H17BrN2O3S2. The van der Waals surface area contributed by atoms with Crippen molar-refractivity contribution in [3.05, 3.63) is 45.7 Å². The van der Waals surface area contributed by atoms with Gasteiger partial charge >= 0.3 is 0 Å². The van der Waals surface area contributed by atoms with E-state index in [0.717, 1.165) is 20.7 Å². The van der Waals surface area contributed by atoms with Crippen LogP contribution in [-0.2, 0) is 14.8 Å². The van der Waals surface area contributed by atoms with Crippen molar-refractivity contribution in [1.29, 1.82) is 0 Å². The third-order valence-corrected chi connectivity index (χ3v) is 7.94. The molecule has 1 aromatic carbocycles. The van der Waals surface area contributed by atoms with Crippen LogP contribution in [0.1, 0.15) is 18.4 Å². The second kappa shape index (κ2) is 6.95. The minimum absolute atomic E-state index is 0.254. The highest BCUT2D eigenvalue weighted by Gasteiger charge is 2.40. The van der Waals surface area contributed by atoms with E-state index >= 15 is 0 Å². The number of nitrogens with zero attached hydrogens (tertiary/aromatic N) is 1. The normalized spacial score (nSPS) is 18.7. The highest BCUT2D eigenvalue weighted by molar-refractivity contribution is 9.11. The number of sulfonamides is 1. The SMILES string of the molecule is Cc1ccc(NC(=O)C2CCCN2S(=O)(=O)c2ccc(Br)s2)cc1. The average molecular weight is 429 g/mol. The first-order valence-electron chi connectivity index (χ1n) is 7.52. The molecule has 8 heteroatoms. The van der Waals surface area contributed by atoms with Crippen molar-refractivity contribution in [2.24, 2.45) is 0 Å². The van der Waals surface area contributed by atoms with E-state index in [1.165, 1.54) is 4.31 Å². The standard InChI is InChI=1S/C16H17BrN2O3S2/c1-11-4-6-12(7-5-11)18-16(20)13-3-2-10-19(13)24(21,22)15-9-8-14(17)23-15/h4-9,13H,2-3,10H2,1H3,(H,18,20). The monoisotopic (exact) mass is 428 g/mol. The first-order chi connectivity index (χ1) is 11.4. The van der Waals surface area contributed by atoms with Crippen molar-refractivity contribution in [2.75, 3.05) is 11.9 Å². The number of thiophene rings is 1. The number of amides is 1. The lowest BCUT2D eigenvalue weighted by Gasteiger charge is -2.22. The summed E-state index contributed by atoms with van der Waals surface area (Å²) in [6.07, 6.45) is 1.21. The minimum atomic E-state index is -3.65. The first kappa shape index (κ1) is 17.6. The van der Waals surface area contributed by atoms with Crippen LogP contribution in [0, 0.1) is 6.92 Å². The fourth-order valence-electron chi connectivity index (χ4n) is 2.70. The molecule has 2 heterocycles. The van der Waals surface area contributed by atoms with Crippen LogP contribution < -0.4 is 5.32 Å². The fraction of sp³-hybridized carbons (Fsp3) is 0.312. The molecule has 5 nitrogen and oxygen atoms in total. The quantitative estimate of drug-likeness (QED) is 0.808. The van der Waals surface area contributed by atoms with E-state index in [1.807, 2.05) is 31.2 Å². The Kier molecular flexibility index (Phi) is 5.10. The van der Waals surface area contributed by atoms with E-state index < -0.39 is 16.1 Å². The molecule has 1 saturated heterocycles. The molecule has 1 aliphatic heterocycles. The van der Waals surface area contributed by atoms with Gasteiger partial charge in [0.1, 0.15) is 10.3 Å². The number of carbonyl (C=O) groups is 1. The van der Waals surface area contributed by atoms with Crippen LogP contribution in [0.25, 0.3) is 0 Å². The van der Waals surface area contributed by atoms with E-state index in [0.29, 0.717) is 25.1 Å². The molecule has 1 aliphatic rings. The van der Waals surface area contributed by atoms with Crippen LogP contribution in [-0.4, -0.2) is 31.2 Å². The molecule has 1 unspecified atom stereocenters. The molecule has 3 rings (SSSR count). The zero-order valence-corrected chi connectivity index (χ0v) is 16.2. The van der Waals surface area contributed by atoms with Crippen molar-refractivity contribution in [1.82, 2.24) is 4.31 Å². The fourth-order valence-corrected chi connectivity index (χ4v) is 6.50. The number of rotatable bonds is 4. The first-order valence-corrected chi connectivity index (χ1v) is 10.6. The summed E-state index contributed by atoms with van der Waals surface area (Å²) >= 11 is 4.44.